The van der Waals surface area contributed by atoms with Crippen molar-refractivity contribution < 1.29 is 39.8 Å². The molecular weight excluding hydrogens is 731 g/mol. The van der Waals surface area contributed by atoms with Gasteiger partial charge in [-0.3, -0.25) is 4.79 Å². The van der Waals surface area contributed by atoms with Gasteiger partial charge in [0.15, 0.2) is 6.29 Å². The van der Waals surface area contributed by atoms with Gasteiger partial charge in [0.25, 0.3) is 0 Å². The average Bonchev–Trinajstić information content (AvgIpc) is 3.22. The lowest BCUT2D eigenvalue weighted by atomic mass is 9.99. The Labute approximate surface area is 354 Å². The first-order valence-electron chi connectivity index (χ1n) is 23.8. The van der Waals surface area contributed by atoms with Gasteiger partial charge in [-0.05, 0) is 51.4 Å². The molecule has 1 saturated heterocycles. The van der Waals surface area contributed by atoms with Crippen LogP contribution in [0.25, 0.3) is 0 Å². The maximum Gasteiger partial charge on any atom is 0.220 e. The predicted molar refractivity (Wildman–Crippen MR) is 239 cm³/mol. The highest BCUT2D eigenvalue weighted by molar-refractivity contribution is 5.76. The number of nitrogens with one attached hydrogen (secondary N) is 1. The average molecular weight is 820 g/mol. The second-order valence-electron chi connectivity index (χ2n) is 16.5. The first-order valence-corrected chi connectivity index (χ1v) is 23.8. The van der Waals surface area contributed by atoms with Crippen LogP contribution in [-0.4, -0.2) is 87.5 Å². The molecule has 1 aliphatic rings. The summed E-state index contributed by atoms with van der Waals surface area (Å²) in [5, 5.41) is 54.0. The van der Waals surface area contributed by atoms with Crippen molar-refractivity contribution in [3.8, 4) is 0 Å². The Morgan fingerprint density at radius 1 is 0.603 bits per heavy atom. The fraction of sp³-hybridized carbons (Fsp3) is 0.816. The van der Waals surface area contributed by atoms with Gasteiger partial charge in [0, 0.05) is 6.42 Å². The fourth-order valence-electron chi connectivity index (χ4n) is 7.39. The van der Waals surface area contributed by atoms with Crippen molar-refractivity contribution in [3.63, 3.8) is 0 Å². The fourth-order valence-corrected chi connectivity index (χ4v) is 7.39. The molecular formula is C49H89NO8. The van der Waals surface area contributed by atoms with Crippen LogP contribution < -0.4 is 5.32 Å². The van der Waals surface area contributed by atoms with E-state index in [9.17, 15) is 30.3 Å². The number of carbonyl (C=O) groups excluding carboxylic acids is 1. The minimum Gasteiger partial charge on any atom is -0.394 e. The molecule has 0 radical (unpaired) electrons. The normalized spacial score (nSPS) is 21.3. The van der Waals surface area contributed by atoms with Gasteiger partial charge in [-0.25, -0.2) is 0 Å². The maximum absolute atomic E-state index is 12.9. The van der Waals surface area contributed by atoms with Crippen molar-refractivity contribution in [2.45, 2.75) is 243 Å². The van der Waals surface area contributed by atoms with Crippen molar-refractivity contribution in [2.24, 2.45) is 0 Å². The number of amides is 1. The van der Waals surface area contributed by atoms with Crippen molar-refractivity contribution in [1.29, 1.82) is 0 Å². The molecule has 0 spiro atoms. The lowest BCUT2D eigenvalue weighted by Gasteiger charge is -2.40. The third-order valence-electron chi connectivity index (χ3n) is 11.2. The molecule has 1 aliphatic heterocycles. The lowest BCUT2D eigenvalue weighted by molar-refractivity contribution is -0.302. The SMILES string of the molecule is CC/C=C\C/C=C\C/C=C\C/C=C\CCCCCCCCCCCCCCCCCCC(=O)NC(COC1OC(CO)C(O)C(O)C1O)C(O)CCCCCCCC. The summed E-state index contributed by atoms with van der Waals surface area (Å²) in [5.41, 5.74) is 0. The first kappa shape index (κ1) is 54.2. The Hall–Kier alpha value is -1.85. The van der Waals surface area contributed by atoms with Gasteiger partial charge < -0.3 is 40.3 Å². The number of aliphatic hydroxyl groups excluding tert-OH is 5. The Morgan fingerprint density at radius 3 is 1.59 bits per heavy atom. The van der Waals surface area contributed by atoms with E-state index in [0.29, 0.717) is 12.8 Å². The highest BCUT2D eigenvalue weighted by atomic mass is 16.7. The van der Waals surface area contributed by atoms with Gasteiger partial charge in [0.2, 0.25) is 5.91 Å². The molecule has 0 bridgehead atoms. The second kappa shape index (κ2) is 39.3. The molecule has 7 unspecified atom stereocenters. The van der Waals surface area contributed by atoms with Gasteiger partial charge in [-0.15, -0.1) is 0 Å². The second-order valence-corrected chi connectivity index (χ2v) is 16.5. The van der Waals surface area contributed by atoms with Crippen LogP contribution in [0.5, 0.6) is 0 Å². The van der Waals surface area contributed by atoms with E-state index in [2.05, 4.69) is 67.8 Å². The van der Waals surface area contributed by atoms with Crippen LogP contribution >= 0.6 is 0 Å². The molecule has 7 atom stereocenters. The largest absolute Gasteiger partial charge is 0.394 e. The van der Waals surface area contributed by atoms with E-state index < -0.39 is 49.5 Å². The van der Waals surface area contributed by atoms with Gasteiger partial charge in [0.1, 0.15) is 24.4 Å². The summed E-state index contributed by atoms with van der Waals surface area (Å²) >= 11 is 0. The number of hydrogen-bond donors (Lipinski definition) is 6. The topological polar surface area (TPSA) is 149 Å². The van der Waals surface area contributed by atoms with Crippen LogP contribution in [0.1, 0.15) is 200 Å². The number of hydrogen-bond acceptors (Lipinski definition) is 8. The third kappa shape index (κ3) is 29.4. The molecule has 0 aromatic carbocycles. The summed E-state index contributed by atoms with van der Waals surface area (Å²) in [5.74, 6) is -0.151. The Morgan fingerprint density at radius 2 is 1.07 bits per heavy atom. The first-order chi connectivity index (χ1) is 28.3. The van der Waals surface area contributed by atoms with E-state index >= 15 is 0 Å². The van der Waals surface area contributed by atoms with Crippen molar-refractivity contribution in [1.82, 2.24) is 5.32 Å². The highest BCUT2D eigenvalue weighted by Crippen LogP contribution is 2.23. The van der Waals surface area contributed by atoms with Crippen LogP contribution in [0.15, 0.2) is 48.6 Å². The van der Waals surface area contributed by atoms with Crippen molar-refractivity contribution >= 4 is 5.91 Å². The zero-order valence-corrected chi connectivity index (χ0v) is 37.0. The molecule has 1 heterocycles. The van der Waals surface area contributed by atoms with Gasteiger partial charge in [0.05, 0.1) is 25.4 Å². The van der Waals surface area contributed by atoms with Gasteiger partial charge in [-0.1, -0.05) is 191 Å². The molecule has 1 amide bonds. The molecule has 0 aromatic rings. The van der Waals surface area contributed by atoms with Gasteiger partial charge in [-0.2, -0.15) is 0 Å². The van der Waals surface area contributed by atoms with Crippen LogP contribution in [0.4, 0.5) is 0 Å². The Balaban J connectivity index is 2.09. The summed E-state index contributed by atoms with van der Waals surface area (Å²) in [6.07, 6.45) is 43.2. The number of aliphatic hydroxyl groups is 5. The Kier molecular flexibility index (Phi) is 36.7. The van der Waals surface area contributed by atoms with Crippen LogP contribution in [-0.2, 0) is 14.3 Å². The summed E-state index contributed by atoms with van der Waals surface area (Å²) in [4.78, 5) is 12.9. The van der Waals surface area contributed by atoms with E-state index in [0.717, 1.165) is 64.2 Å². The van der Waals surface area contributed by atoms with Crippen molar-refractivity contribution in [2.75, 3.05) is 13.2 Å². The Bertz CT molecular complexity index is 1050. The molecule has 9 heteroatoms. The van der Waals surface area contributed by atoms with E-state index in [4.69, 9.17) is 9.47 Å². The van der Waals surface area contributed by atoms with E-state index in [1.54, 1.807) is 0 Å². The third-order valence-corrected chi connectivity index (χ3v) is 11.2. The number of allylic oxidation sites excluding steroid dienone is 8. The molecule has 58 heavy (non-hydrogen) atoms. The molecule has 0 aromatic heterocycles. The molecule has 0 saturated carbocycles. The standard InChI is InChI=1S/C49H89NO8/c1-3-5-7-9-11-12-13-14-15-16-17-18-19-20-21-22-23-24-25-26-27-28-29-30-31-32-33-35-37-39-45(53)50-42(43(52)38-36-34-10-8-6-4-2)41-57-49-48(56)47(55)46(54)44(40-51)58-49/h5,7,11-12,14-15,17-18,42-44,46-49,51-52,54-56H,3-4,6,8-10,13,16,19-41H2,1-2H3,(H,50,53)/b7-5-,12-11-,15-14-,18-17-. The molecule has 0 aliphatic carbocycles. The number of unbranched alkanes of at least 4 members (excludes halogenated alkanes) is 21. The molecule has 9 nitrogen and oxygen atoms in total. The number of ether oxygens (including phenoxy) is 2. The van der Waals surface area contributed by atoms with Crippen molar-refractivity contribution in [3.05, 3.63) is 48.6 Å². The monoisotopic (exact) mass is 820 g/mol. The van der Waals surface area contributed by atoms with Gasteiger partial charge >= 0.3 is 0 Å². The lowest BCUT2D eigenvalue weighted by Crippen LogP contribution is -2.60. The number of carbonyl (C=O) groups is 1. The molecule has 1 rings (SSSR count). The molecule has 6 N–H and O–H groups in total. The summed E-state index contributed by atoms with van der Waals surface area (Å²) in [6.45, 7) is 3.65. The van der Waals surface area contributed by atoms with Crippen LogP contribution in [0, 0.1) is 0 Å². The predicted octanol–water partition coefficient (Wildman–Crippen LogP) is 10.2. The van der Waals surface area contributed by atoms with Crippen LogP contribution in [0.3, 0.4) is 0 Å². The quantitative estimate of drug-likeness (QED) is 0.0265. The maximum atomic E-state index is 12.9. The zero-order chi connectivity index (χ0) is 42.3. The molecule has 1 fully saturated rings. The van der Waals surface area contributed by atoms with Crippen LogP contribution in [0.2, 0.25) is 0 Å². The summed E-state index contributed by atoms with van der Waals surface area (Å²) in [7, 11) is 0. The number of rotatable bonds is 39. The van der Waals surface area contributed by atoms with E-state index in [1.165, 1.54) is 109 Å². The molecule has 338 valence electrons. The minimum atomic E-state index is -1.55. The van der Waals surface area contributed by atoms with E-state index in [-0.39, 0.29) is 12.5 Å². The van der Waals surface area contributed by atoms with E-state index in [1.807, 2.05) is 0 Å². The highest BCUT2D eigenvalue weighted by Gasteiger charge is 2.44. The summed E-state index contributed by atoms with van der Waals surface area (Å²) < 4.78 is 11.2. The minimum absolute atomic E-state index is 0.139. The zero-order valence-electron chi connectivity index (χ0n) is 37.0. The summed E-state index contributed by atoms with van der Waals surface area (Å²) in [6, 6.07) is -0.715. The smallest absolute Gasteiger partial charge is 0.220 e.